The molecule has 0 heterocycles. The summed E-state index contributed by atoms with van der Waals surface area (Å²) in [6, 6.07) is 0. The van der Waals surface area contributed by atoms with Crippen molar-refractivity contribution in [3.05, 3.63) is 0 Å². The number of hydrogen-bond acceptors (Lipinski definition) is 2. The van der Waals surface area contributed by atoms with Crippen LogP contribution in [0.3, 0.4) is 0 Å². The van der Waals surface area contributed by atoms with Gasteiger partial charge in [-0.25, -0.2) is 0 Å². The summed E-state index contributed by atoms with van der Waals surface area (Å²) in [5, 5.41) is 8.88. The number of aliphatic hydroxyl groups is 1. The molecule has 0 aliphatic heterocycles. The van der Waals surface area contributed by atoms with Gasteiger partial charge in [0.1, 0.15) is 5.78 Å². The first-order valence-electron chi connectivity index (χ1n) is 5.58. The van der Waals surface area contributed by atoms with Crippen LogP contribution in [0.5, 0.6) is 0 Å². The van der Waals surface area contributed by atoms with E-state index < -0.39 is 0 Å². The minimum Gasteiger partial charge on any atom is -0.396 e. The van der Waals surface area contributed by atoms with Gasteiger partial charge >= 0.3 is 0 Å². The fourth-order valence-electron chi connectivity index (χ4n) is 2.74. The quantitative estimate of drug-likeness (QED) is 0.756. The molecule has 1 aliphatic carbocycles. The van der Waals surface area contributed by atoms with Crippen molar-refractivity contribution in [1.29, 1.82) is 0 Å². The lowest BCUT2D eigenvalue weighted by Crippen LogP contribution is -2.39. The standard InChI is InChI=1S/C12H22O2/c1-11(2,3)12(8-5-9-13)7-4-6-10(12)14/h13H,4-9H2,1-3H3/t12-/m1/s1. The van der Waals surface area contributed by atoms with Crippen LogP contribution in [-0.4, -0.2) is 17.5 Å². The molecule has 2 nitrogen and oxygen atoms in total. The van der Waals surface area contributed by atoms with Gasteiger partial charge in [0.05, 0.1) is 0 Å². The smallest absolute Gasteiger partial charge is 0.139 e. The van der Waals surface area contributed by atoms with E-state index in [1.807, 2.05) is 0 Å². The van der Waals surface area contributed by atoms with Gasteiger partial charge in [-0.05, 0) is 31.1 Å². The van der Waals surface area contributed by atoms with Crippen molar-refractivity contribution in [3.8, 4) is 0 Å². The van der Waals surface area contributed by atoms with E-state index in [9.17, 15) is 4.79 Å². The van der Waals surface area contributed by atoms with E-state index >= 15 is 0 Å². The molecular weight excluding hydrogens is 176 g/mol. The van der Waals surface area contributed by atoms with Gasteiger partial charge in [-0.3, -0.25) is 4.79 Å². The molecule has 0 spiro atoms. The fraction of sp³-hybridized carbons (Fsp3) is 0.917. The second-order valence-corrected chi connectivity index (χ2v) is 5.44. The summed E-state index contributed by atoms with van der Waals surface area (Å²) in [7, 11) is 0. The van der Waals surface area contributed by atoms with Crippen molar-refractivity contribution in [2.75, 3.05) is 6.61 Å². The molecule has 0 bridgehead atoms. The zero-order valence-electron chi connectivity index (χ0n) is 9.60. The van der Waals surface area contributed by atoms with Crippen LogP contribution in [-0.2, 0) is 4.79 Å². The molecule has 0 unspecified atom stereocenters. The maximum absolute atomic E-state index is 12.0. The number of Topliss-reactive ketones (excluding diaryl/α,β-unsaturated/α-hetero) is 1. The molecule has 1 saturated carbocycles. The third-order valence-corrected chi connectivity index (χ3v) is 3.74. The molecule has 2 heteroatoms. The largest absolute Gasteiger partial charge is 0.396 e. The van der Waals surface area contributed by atoms with Crippen LogP contribution in [0.15, 0.2) is 0 Å². The predicted octanol–water partition coefficient (Wildman–Crippen LogP) is 2.54. The molecule has 1 aliphatic rings. The summed E-state index contributed by atoms with van der Waals surface area (Å²) >= 11 is 0. The van der Waals surface area contributed by atoms with Gasteiger partial charge in [0.15, 0.2) is 0 Å². The second-order valence-electron chi connectivity index (χ2n) is 5.44. The average Bonchev–Trinajstić information content (AvgIpc) is 2.43. The van der Waals surface area contributed by atoms with Gasteiger partial charge in [0.25, 0.3) is 0 Å². The maximum Gasteiger partial charge on any atom is 0.139 e. The molecule has 0 aromatic carbocycles. The molecular formula is C12H22O2. The van der Waals surface area contributed by atoms with Crippen molar-refractivity contribution >= 4 is 5.78 Å². The summed E-state index contributed by atoms with van der Waals surface area (Å²) in [6.45, 7) is 6.64. The predicted molar refractivity (Wildman–Crippen MR) is 57.1 cm³/mol. The Morgan fingerprint density at radius 1 is 1.43 bits per heavy atom. The number of carbonyl (C=O) groups is 1. The molecule has 0 radical (unpaired) electrons. The fourth-order valence-corrected chi connectivity index (χ4v) is 2.74. The van der Waals surface area contributed by atoms with Gasteiger partial charge in [0, 0.05) is 18.4 Å². The summed E-state index contributed by atoms with van der Waals surface area (Å²) in [5.74, 6) is 0.415. The first kappa shape index (κ1) is 11.7. The molecule has 14 heavy (non-hydrogen) atoms. The maximum atomic E-state index is 12.0. The van der Waals surface area contributed by atoms with E-state index in [0.717, 1.165) is 32.1 Å². The summed E-state index contributed by atoms with van der Waals surface area (Å²) in [5.41, 5.74) is -0.120. The van der Waals surface area contributed by atoms with Crippen LogP contribution in [0.4, 0.5) is 0 Å². The van der Waals surface area contributed by atoms with Gasteiger partial charge < -0.3 is 5.11 Å². The highest BCUT2D eigenvalue weighted by molar-refractivity contribution is 5.87. The van der Waals surface area contributed by atoms with Gasteiger partial charge in [-0.15, -0.1) is 0 Å². The molecule has 0 saturated heterocycles. The second kappa shape index (κ2) is 4.01. The molecule has 1 fully saturated rings. The first-order chi connectivity index (χ1) is 6.44. The van der Waals surface area contributed by atoms with Crippen LogP contribution >= 0.6 is 0 Å². The number of carbonyl (C=O) groups excluding carboxylic acids is 1. The van der Waals surface area contributed by atoms with Crippen molar-refractivity contribution in [3.63, 3.8) is 0 Å². The Kier molecular flexibility index (Phi) is 3.36. The Morgan fingerprint density at radius 2 is 2.07 bits per heavy atom. The van der Waals surface area contributed by atoms with Gasteiger partial charge in [0.2, 0.25) is 0 Å². The average molecular weight is 198 g/mol. The third-order valence-electron chi connectivity index (χ3n) is 3.74. The SMILES string of the molecule is CC(C)(C)[C@@]1(CCCO)CCCC1=O. The minimum absolute atomic E-state index is 0.0375. The highest BCUT2D eigenvalue weighted by Crippen LogP contribution is 2.51. The Hall–Kier alpha value is -0.370. The van der Waals surface area contributed by atoms with E-state index in [-0.39, 0.29) is 17.4 Å². The normalized spacial score (nSPS) is 28.4. The number of hydrogen-bond donors (Lipinski definition) is 1. The Morgan fingerprint density at radius 3 is 2.43 bits per heavy atom. The zero-order valence-corrected chi connectivity index (χ0v) is 9.60. The summed E-state index contributed by atoms with van der Waals surface area (Å²) < 4.78 is 0. The van der Waals surface area contributed by atoms with Crippen LogP contribution in [0.2, 0.25) is 0 Å². The highest BCUT2D eigenvalue weighted by atomic mass is 16.3. The Bertz CT molecular complexity index is 215. The van der Waals surface area contributed by atoms with Crippen molar-refractivity contribution in [1.82, 2.24) is 0 Å². The van der Waals surface area contributed by atoms with Gasteiger partial charge in [-0.2, -0.15) is 0 Å². The summed E-state index contributed by atoms with van der Waals surface area (Å²) in [4.78, 5) is 12.0. The van der Waals surface area contributed by atoms with E-state index in [1.165, 1.54) is 0 Å². The lowest BCUT2D eigenvalue weighted by Gasteiger charge is -2.40. The van der Waals surface area contributed by atoms with E-state index in [0.29, 0.717) is 5.78 Å². The van der Waals surface area contributed by atoms with E-state index in [2.05, 4.69) is 20.8 Å². The summed E-state index contributed by atoms with van der Waals surface area (Å²) in [6.07, 6.45) is 4.38. The molecule has 0 aromatic rings. The first-order valence-corrected chi connectivity index (χ1v) is 5.58. The molecule has 1 atom stereocenters. The number of ketones is 1. The monoisotopic (exact) mass is 198 g/mol. The van der Waals surface area contributed by atoms with E-state index in [1.54, 1.807) is 0 Å². The number of aliphatic hydroxyl groups excluding tert-OH is 1. The van der Waals surface area contributed by atoms with Gasteiger partial charge in [-0.1, -0.05) is 20.8 Å². The minimum atomic E-state index is -0.157. The molecule has 82 valence electrons. The lowest BCUT2D eigenvalue weighted by molar-refractivity contribution is -0.132. The zero-order chi connectivity index (χ0) is 10.8. The molecule has 1 rings (SSSR count). The Balaban J connectivity index is 2.85. The molecule has 0 amide bonds. The van der Waals surface area contributed by atoms with Crippen molar-refractivity contribution in [2.24, 2.45) is 10.8 Å². The van der Waals surface area contributed by atoms with Crippen LogP contribution < -0.4 is 0 Å². The van der Waals surface area contributed by atoms with E-state index in [4.69, 9.17) is 5.11 Å². The van der Waals surface area contributed by atoms with Crippen molar-refractivity contribution in [2.45, 2.75) is 52.9 Å². The van der Waals surface area contributed by atoms with Crippen LogP contribution in [0.1, 0.15) is 52.9 Å². The van der Waals surface area contributed by atoms with Crippen LogP contribution in [0.25, 0.3) is 0 Å². The molecule has 0 aromatic heterocycles. The topological polar surface area (TPSA) is 37.3 Å². The van der Waals surface area contributed by atoms with Crippen molar-refractivity contribution < 1.29 is 9.90 Å². The Labute approximate surface area is 86.7 Å². The third kappa shape index (κ3) is 1.85. The number of rotatable bonds is 3. The van der Waals surface area contributed by atoms with Crippen LogP contribution in [0, 0.1) is 10.8 Å². The lowest BCUT2D eigenvalue weighted by atomic mass is 9.62. The highest BCUT2D eigenvalue weighted by Gasteiger charge is 2.49. The molecule has 1 N–H and O–H groups in total.